The number of benzene rings is 1. The average Bonchev–Trinajstić information content (AvgIpc) is 2.98. The van der Waals surface area contributed by atoms with Crippen molar-refractivity contribution in [3.63, 3.8) is 0 Å². The Morgan fingerprint density at radius 1 is 1.43 bits per heavy atom. The number of amides is 1. The Bertz CT molecular complexity index is 735. The molecule has 2 aromatic rings. The summed E-state index contributed by atoms with van der Waals surface area (Å²) in [7, 11) is 0. The van der Waals surface area contributed by atoms with Crippen LogP contribution in [0.5, 0.6) is 0 Å². The number of hydrogen-bond donors (Lipinski definition) is 2. The van der Waals surface area contributed by atoms with Gasteiger partial charge in [0, 0.05) is 28.5 Å². The Balaban J connectivity index is 1.83. The van der Waals surface area contributed by atoms with Crippen LogP contribution in [-0.2, 0) is 4.74 Å². The van der Waals surface area contributed by atoms with Crippen molar-refractivity contribution in [1.82, 2.24) is 10.3 Å². The van der Waals surface area contributed by atoms with Gasteiger partial charge < -0.3 is 15.0 Å². The number of aromatic nitrogens is 1. The number of ether oxygens (including phenoxy) is 1. The van der Waals surface area contributed by atoms with Crippen molar-refractivity contribution in [1.29, 1.82) is 0 Å². The second kappa shape index (κ2) is 5.99. The van der Waals surface area contributed by atoms with Crippen molar-refractivity contribution in [3.05, 3.63) is 44.7 Å². The molecular weight excluding hydrogens is 336 g/mol. The molecule has 2 heterocycles. The zero-order valence-electron chi connectivity index (χ0n) is 11.3. The van der Waals surface area contributed by atoms with Gasteiger partial charge in [-0.2, -0.15) is 0 Å². The summed E-state index contributed by atoms with van der Waals surface area (Å²) in [4.78, 5) is 26.9. The number of carbonyl (C=O) groups is 1. The third-order valence-corrected chi connectivity index (χ3v) is 4.06. The Labute approximate surface area is 129 Å². The fraction of sp³-hybridized carbons (Fsp3) is 0.333. The van der Waals surface area contributed by atoms with E-state index in [1.165, 1.54) is 0 Å². The molecule has 1 aromatic carbocycles. The number of fused-ring (bicyclic) bond motifs is 1. The van der Waals surface area contributed by atoms with Crippen LogP contribution in [-0.4, -0.2) is 30.1 Å². The number of pyridine rings is 1. The topological polar surface area (TPSA) is 71.2 Å². The molecule has 5 nitrogen and oxygen atoms in total. The molecule has 1 aliphatic rings. The number of rotatable bonds is 3. The van der Waals surface area contributed by atoms with Gasteiger partial charge in [0.15, 0.2) is 0 Å². The first kappa shape index (κ1) is 14.3. The Morgan fingerprint density at radius 3 is 3.05 bits per heavy atom. The van der Waals surface area contributed by atoms with Crippen LogP contribution in [0.2, 0.25) is 0 Å². The predicted octanol–water partition coefficient (Wildman–Crippen LogP) is 2.20. The van der Waals surface area contributed by atoms with Crippen LogP contribution in [0.15, 0.2) is 33.5 Å². The molecule has 0 radical (unpaired) electrons. The first-order chi connectivity index (χ1) is 10.1. The van der Waals surface area contributed by atoms with Gasteiger partial charge in [-0.1, -0.05) is 15.9 Å². The number of hydrogen-bond acceptors (Lipinski definition) is 3. The van der Waals surface area contributed by atoms with Gasteiger partial charge in [0.1, 0.15) is 5.56 Å². The van der Waals surface area contributed by atoms with Crippen molar-refractivity contribution in [3.8, 4) is 0 Å². The highest BCUT2D eigenvalue weighted by Gasteiger charge is 2.18. The standard InChI is InChI=1S/C15H15BrN2O3/c16-10-3-4-13-9(6-10)7-12(15(20)18-13)14(19)17-8-11-2-1-5-21-11/h3-4,6-7,11H,1-2,5,8H2,(H,17,19)(H,18,20). The number of aromatic amines is 1. The minimum Gasteiger partial charge on any atom is -0.376 e. The van der Waals surface area contributed by atoms with Crippen LogP contribution in [0.25, 0.3) is 10.9 Å². The minimum atomic E-state index is -0.380. The van der Waals surface area contributed by atoms with Gasteiger partial charge in [0.25, 0.3) is 11.5 Å². The molecule has 0 spiro atoms. The molecule has 1 atom stereocenters. The van der Waals surface area contributed by atoms with Crippen LogP contribution in [0.3, 0.4) is 0 Å². The lowest BCUT2D eigenvalue weighted by molar-refractivity contribution is 0.0856. The molecule has 0 bridgehead atoms. The molecule has 110 valence electrons. The zero-order chi connectivity index (χ0) is 14.8. The summed E-state index contributed by atoms with van der Waals surface area (Å²) in [5.41, 5.74) is 0.451. The molecule has 2 N–H and O–H groups in total. The van der Waals surface area contributed by atoms with Gasteiger partial charge in [-0.3, -0.25) is 9.59 Å². The van der Waals surface area contributed by atoms with Crippen LogP contribution < -0.4 is 10.9 Å². The lowest BCUT2D eigenvalue weighted by atomic mass is 10.1. The monoisotopic (exact) mass is 350 g/mol. The maximum Gasteiger partial charge on any atom is 0.261 e. The normalized spacial score (nSPS) is 18.0. The molecule has 1 saturated heterocycles. The molecular formula is C15H15BrN2O3. The van der Waals surface area contributed by atoms with Crippen LogP contribution in [0, 0.1) is 0 Å². The van der Waals surface area contributed by atoms with E-state index >= 15 is 0 Å². The van der Waals surface area contributed by atoms with E-state index in [4.69, 9.17) is 4.74 Å². The fourth-order valence-corrected chi connectivity index (χ4v) is 2.83. The van der Waals surface area contributed by atoms with Crippen molar-refractivity contribution in [2.45, 2.75) is 18.9 Å². The molecule has 1 unspecified atom stereocenters. The number of carbonyl (C=O) groups excluding carboxylic acids is 1. The van der Waals surface area contributed by atoms with Gasteiger partial charge in [-0.25, -0.2) is 0 Å². The van der Waals surface area contributed by atoms with E-state index in [0.29, 0.717) is 12.1 Å². The highest BCUT2D eigenvalue weighted by Crippen LogP contribution is 2.18. The number of H-pyrrole nitrogens is 1. The quantitative estimate of drug-likeness (QED) is 0.891. The summed E-state index contributed by atoms with van der Waals surface area (Å²) in [5, 5.41) is 3.58. The van der Waals surface area contributed by atoms with E-state index in [1.54, 1.807) is 12.1 Å². The summed E-state index contributed by atoms with van der Waals surface area (Å²) in [6.07, 6.45) is 2.02. The summed E-state index contributed by atoms with van der Waals surface area (Å²) in [6, 6.07) is 7.12. The van der Waals surface area contributed by atoms with E-state index < -0.39 is 0 Å². The van der Waals surface area contributed by atoms with Crippen LogP contribution in [0.4, 0.5) is 0 Å². The first-order valence-corrected chi connectivity index (χ1v) is 7.65. The second-order valence-electron chi connectivity index (χ2n) is 5.09. The molecule has 21 heavy (non-hydrogen) atoms. The van der Waals surface area contributed by atoms with Crippen LogP contribution in [0.1, 0.15) is 23.2 Å². The molecule has 1 aromatic heterocycles. The Hall–Kier alpha value is -1.66. The van der Waals surface area contributed by atoms with Crippen molar-refractivity contribution in [2.24, 2.45) is 0 Å². The van der Waals surface area contributed by atoms with E-state index in [2.05, 4.69) is 26.2 Å². The molecule has 6 heteroatoms. The van der Waals surface area contributed by atoms with Crippen molar-refractivity contribution < 1.29 is 9.53 Å². The maximum atomic E-state index is 12.2. The number of nitrogens with one attached hydrogen (secondary N) is 2. The summed E-state index contributed by atoms with van der Waals surface area (Å²) in [5.74, 6) is -0.367. The largest absolute Gasteiger partial charge is 0.376 e. The summed E-state index contributed by atoms with van der Waals surface area (Å²) < 4.78 is 6.34. The van der Waals surface area contributed by atoms with Crippen molar-refractivity contribution in [2.75, 3.05) is 13.2 Å². The predicted molar refractivity (Wildman–Crippen MR) is 83.6 cm³/mol. The van der Waals surface area contributed by atoms with E-state index in [-0.39, 0.29) is 23.1 Å². The van der Waals surface area contributed by atoms with Crippen LogP contribution >= 0.6 is 15.9 Å². The lowest BCUT2D eigenvalue weighted by Gasteiger charge is -2.10. The molecule has 1 amide bonds. The van der Waals surface area contributed by atoms with Gasteiger partial charge in [-0.05, 0) is 37.1 Å². The molecule has 0 saturated carbocycles. The SMILES string of the molecule is O=C(NCC1CCCO1)c1cc2cc(Br)ccc2[nH]c1=O. The van der Waals surface area contributed by atoms with E-state index in [9.17, 15) is 9.59 Å². The first-order valence-electron chi connectivity index (χ1n) is 6.86. The van der Waals surface area contributed by atoms with Gasteiger partial charge in [-0.15, -0.1) is 0 Å². The third-order valence-electron chi connectivity index (χ3n) is 3.57. The minimum absolute atomic E-state index is 0.0580. The van der Waals surface area contributed by atoms with Gasteiger partial charge in [0.2, 0.25) is 0 Å². The summed E-state index contributed by atoms with van der Waals surface area (Å²) in [6.45, 7) is 1.18. The highest BCUT2D eigenvalue weighted by atomic mass is 79.9. The lowest BCUT2D eigenvalue weighted by Crippen LogP contribution is -2.34. The van der Waals surface area contributed by atoms with Gasteiger partial charge in [0.05, 0.1) is 6.10 Å². The highest BCUT2D eigenvalue weighted by molar-refractivity contribution is 9.10. The third kappa shape index (κ3) is 3.16. The summed E-state index contributed by atoms with van der Waals surface area (Å²) >= 11 is 3.38. The zero-order valence-corrected chi connectivity index (χ0v) is 12.9. The van der Waals surface area contributed by atoms with Gasteiger partial charge >= 0.3 is 0 Å². The van der Waals surface area contributed by atoms with Crippen molar-refractivity contribution >= 4 is 32.7 Å². The smallest absolute Gasteiger partial charge is 0.261 e. The van der Waals surface area contributed by atoms with E-state index in [1.807, 2.05) is 12.1 Å². The Kier molecular flexibility index (Phi) is 4.07. The molecule has 1 fully saturated rings. The molecule has 3 rings (SSSR count). The number of halogens is 1. The Morgan fingerprint density at radius 2 is 2.29 bits per heavy atom. The molecule has 1 aliphatic heterocycles. The second-order valence-corrected chi connectivity index (χ2v) is 6.00. The fourth-order valence-electron chi connectivity index (χ4n) is 2.45. The molecule has 0 aliphatic carbocycles. The van der Waals surface area contributed by atoms with E-state index in [0.717, 1.165) is 29.3 Å². The average molecular weight is 351 g/mol. The maximum absolute atomic E-state index is 12.2.